The normalized spacial score (nSPS) is 12.8. The van der Waals surface area contributed by atoms with Crippen LogP contribution in [0.1, 0.15) is 11.1 Å². The summed E-state index contributed by atoms with van der Waals surface area (Å²) in [6, 6.07) is 34.4. The van der Waals surface area contributed by atoms with Crippen molar-refractivity contribution in [3.8, 4) is 22.3 Å². The van der Waals surface area contributed by atoms with Crippen molar-refractivity contribution in [2.75, 3.05) is 0 Å². The summed E-state index contributed by atoms with van der Waals surface area (Å²) in [6.45, 7) is 0. The fraction of sp³-hybridized carbons (Fsp3) is 0.0526. The third-order valence-electron chi connectivity index (χ3n) is 8.68. The summed E-state index contributed by atoms with van der Waals surface area (Å²) < 4.78 is 80.4. The van der Waals surface area contributed by atoms with E-state index in [2.05, 4.69) is 0 Å². The number of rotatable bonds is 2. The van der Waals surface area contributed by atoms with Gasteiger partial charge in [-0.15, -0.1) is 0 Å². The first kappa shape index (κ1) is 26.5. The summed E-state index contributed by atoms with van der Waals surface area (Å²) in [4.78, 5) is 0. The summed E-state index contributed by atoms with van der Waals surface area (Å²) in [5.41, 5.74) is 1.51. The Morgan fingerprint density at radius 1 is 0.295 bits per heavy atom. The second-order valence-corrected chi connectivity index (χ2v) is 11.1. The van der Waals surface area contributed by atoms with E-state index in [-0.39, 0.29) is 0 Å². The Morgan fingerprint density at radius 2 is 0.614 bits per heavy atom. The van der Waals surface area contributed by atoms with Gasteiger partial charge in [0.15, 0.2) is 0 Å². The topological polar surface area (TPSA) is 0 Å². The molecule has 0 amide bonds. The maximum absolute atomic E-state index is 13.4. The van der Waals surface area contributed by atoms with Gasteiger partial charge < -0.3 is 0 Å². The Morgan fingerprint density at radius 3 is 0.955 bits per heavy atom. The molecular weight excluding hydrogens is 570 g/mol. The number of hydrogen-bond acceptors (Lipinski definition) is 0. The van der Waals surface area contributed by atoms with E-state index in [1.807, 2.05) is 72.8 Å². The molecule has 44 heavy (non-hydrogen) atoms. The van der Waals surface area contributed by atoms with Gasteiger partial charge >= 0.3 is 12.4 Å². The summed E-state index contributed by atoms with van der Waals surface area (Å²) >= 11 is 0. The minimum Gasteiger partial charge on any atom is -0.166 e. The highest BCUT2D eigenvalue weighted by Gasteiger charge is 2.31. The van der Waals surface area contributed by atoms with Crippen LogP contribution in [0, 0.1) is 0 Å². The van der Waals surface area contributed by atoms with Crippen LogP contribution in [0.5, 0.6) is 0 Å². The molecule has 214 valence electrons. The van der Waals surface area contributed by atoms with Gasteiger partial charge in [-0.3, -0.25) is 0 Å². The standard InChI is InChI=1S/C38H20F6/c39-37(40,41)23-13-9-21(10-14-23)25-18-20-32-28-6-2-4-8-30(28)34-26(22-11-15-24(16-12-22)38(42,43)44)17-19-31-27-5-1-3-7-29(27)33(25)36(32)35(31)34/h1-20H. The Kier molecular flexibility index (Phi) is 5.54. The predicted molar refractivity (Wildman–Crippen MR) is 166 cm³/mol. The SMILES string of the molecule is FC(F)(F)c1ccc(-c2ccc3c4ccccc4c4c(-c5ccc(C(F)(F)F)cc5)ccc5c6ccccc6c2c3c54)cc1. The second kappa shape index (κ2) is 9.20. The molecule has 0 heterocycles. The van der Waals surface area contributed by atoms with E-state index < -0.39 is 23.5 Å². The first-order chi connectivity index (χ1) is 21.1. The molecule has 6 heteroatoms. The molecule has 0 aliphatic carbocycles. The van der Waals surface area contributed by atoms with Crippen LogP contribution in [0.4, 0.5) is 26.3 Å². The average molecular weight is 591 g/mol. The maximum atomic E-state index is 13.4. The van der Waals surface area contributed by atoms with E-state index in [4.69, 9.17) is 0 Å². The largest absolute Gasteiger partial charge is 0.416 e. The third-order valence-corrected chi connectivity index (χ3v) is 8.68. The van der Waals surface area contributed by atoms with E-state index in [1.54, 1.807) is 0 Å². The van der Waals surface area contributed by atoms with Crippen LogP contribution in [0.2, 0.25) is 0 Å². The van der Waals surface area contributed by atoms with E-state index in [0.717, 1.165) is 89.3 Å². The van der Waals surface area contributed by atoms with E-state index in [1.165, 1.54) is 24.3 Å². The lowest BCUT2D eigenvalue weighted by Gasteiger charge is -2.22. The van der Waals surface area contributed by atoms with Crippen molar-refractivity contribution in [3.05, 3.63) is 132 Å². The highest BCUT2D eigenvalue weighted by molar-refractivity contribution is 6.43. The smallest absolute Gasteiger partial charge is 0.166 e. The summed E-state index contributed by atoms with van der Waals surface area (Å²) in [7, 11) is 0. The van der Waals surface area contributed by atoms with Crippen molar-refractivity contribution in [1.82, 2.24) is 0 Å². The minimum atomic E-state index is -4.44. The molecule has 0 saturated carbocycles. The molecule has 0 aromatic heterocycles. The van der Waals surface area contributed by atoms with Crippen molar-refractivity contribution in [1.29, 1.82) is 0 Å². The van der Waals surface area contributed by atoms with Gasteiger partial charge in [-0.05, 0) is 100 Å². The molecule has 8 rings (SSSR count). The number of hydrogen-bond donors (Lipinski definition) is 0. The van der Waals surface area contributed by atoms with E-state index >= 15 is 0 Å². The second-order valence-electron chi connectivity index (χ2n) is 11.1. The molecule has 0 fully saturated rings. The lowest BCUT2D eigenvalue weighted by atomic mass is 9.81. The van der Waals surface area contributed by atoms with Crippen molar-refractivity contribution < 1.29 is 26.3 Å². The quantitative estimate of drug-likeness (QED) is 0.107. The lowest BCUT2D eigenvalue weighted by molar-refractivity contribution is -0.138. The van der Waals surface area contributed by atoms with Gasteiger partial charge in [0.2, 0.25) is 0 Å². The van der Waals surface area contributed by atoms with Gasteiger partial charge in [-0.25, -0.2) is 0 Å². The summed E-state index contributed by atoms with van der Waals surface area (Å²) in [6.07, 6.45) is -8.89. The maximum Gasteiger partial charge on any atom is 0.416 e. The van der Waals surface area contributed by atoms with Gasteiger partial charge in [0.05, 0.1) is 11.1 Å². The molecule has 0 radical (unpaired) electrons. The van der Waals surface area contributed by atoms with Crippen LogP contribution < -0.4 is 0 Å². The van der Waals surface area contributed by atoms with E-state index in [9.17, 15) is 26.3 Å². The number of fused-ring (bicyclic) bond motifs is 6. The molecule has 0 atom stereocenters. The van der Waals surface area contributed by atoms with Gasteiger partial charge in [0.1, 0.15) is 0 Å². The van der Waals surface area contributed by atoms with Crippen molar-refractivity contribution in [2.45, 2.75) is 12.4 Å². The van der Waals surface area contributed by atoms with Gasteiger partial charge in [-0.2, -0.15) is 26.3 Å². The Hall–Kier alpha value is -5.10. The molecule has 0 unspecified atom stereocenters. The molecule has 8 aromatic carbocycles. The molecule has 0 N–H and O–H groups in total. The number of alkyl halides is 6. The monoisotopic (exact) mass is 590 g/mol. The van der Waals surface area contributed by atoms with Gasteiger partial charge in [-0.1, -0.05) is 97.1 Å². The molecule has 0 nitrogen and oxygen atoms in total. The first-order valence-electron chi connectivity index (χ1n) is 14.0. The first-order valence-corrected chi connectivity index (χ1v) is 14.0. The Balaban J connectivity index is 1.55. The minimum absolute atomic E-state index is 0.661. The zero-order chi connectivity index (χ0) is 30.4. The van der Waals surface area contributed by atoms with Crippen molar-refractivity contribution >= 4 is 53.9 Å². The van der Waals surface area contributed by atoms with Crippen LogP contribution in [-0.2, 0) is 12.4 Å². The fourth-order valence-electron chi connectivity index (χ4n) is 6.76. The molecule has 8 aromatic rings. The van der Waals surface area contributed by atoms with Crippen molar-refractivity contribution in [3.63, 3.8) is 0 Å². The van der Waals surface area contributed by atoms with Crippen molar-refractivity contribution in [2.24, 2.45) is 0 Å². The third kappa shape index (κ3) is 3.87. The molecule has 0 spiro atoms. The zero-order valence-electron chi connectivity index (χ0n) is 22.8. The zero-order valence-corrected chi connectivity index (χ0v) is 22.8. The van der Waals surface area contributed by atoms with E-state index in [0.29, 0.717) is 11.1 Å². The number of benzene rings is 8. The highest BCUT2D eigenvalue weighted by atomic mass is 19.4. The van der Waals surface area contributed by atoms with Gasteiger partial charge in [0.25, 0.3) is 0 Å². The van der Waals surface area contributed by atoms with Crippen LogP contribution in [0.15, 0.2) is 121 Å². The molecular formula is C38H20F6. The summed E-state index contributed by atoms with van der Waals surface area (Å²) in [5.74, 6) is 0. The fourth-order valence-corrected chi connectivity index (χ4v) is 6.76. The lowest BCUT2D eigenvalue weighted by Crippen LogP contribution is -2.04. The van der Waals surface area contributed by atoms with Crippen LogP contribution in [0.3, 0.4) is 0 Å². The Bertz CT molecular complexity index is 2210. The highest BCUT2D eigenvalue weighted by Crippen LogP contribution is 2.50. The molecule has 0 aliphatic rings. The summed E-state index contributed by atoms with van der Waals surface area (Å²) in [5, 5.41) is 9.70. The van der Waals surface area contributed by atoms with Gasteiger partial charge in [0, 0.05) is 0 Å². The predicted octanol–water partition coefficient (Wildman–Crippen LogP) is 12.3. The number of halogens is 6. The molecule has 0 bridgehead atoms. The average Bonchev–Trinajstić information content (AvgIpc) is 3.03. The molecule has 0 aliphatic heterocycles. The molecule has 0 saturated heterocycles. The van der Waals surface area contributed by atoms with Crippen LogP contribution in [0.25, 0.3) is 76.1 Å². The van der Waals surface area contributed by atoms with Crippen LogP contribution >= 0.6 is 0 Å². The van der Waals surface area contributed by atoms with Crippen LogP contribution in [-0.4, -0.2) is 0 Å². The Labute approximate surface area is 247 Å².